The number of hydrogen-bond donors (Lipinski definition) is 0. The molecule has 0 radical (unpaired) electrons. The SMILES string of the molecule is CN1CC[C@H](c2cn(S(=O)(=O)c3ccccc3Br)c3ccc(OC4CCCC4)cc23)C1. The van der Waals surface area contributed by atoms with Crippen LogP contribution in [0, 0.1) is 0 Å². The first-order valence-electron chi connectivity index (χ1n) is 10.9. The van der Waals surface area contributed by atoms with Gasteiger partial charge >= 0.3 is 0 Å². The molecule has 1 atom stereocenters. The minimum absolute atomic E-state index is 0.268. The second-order valence-corrected chi connectivity index (χ2v) is 11.4. The molecule has 5 rings (SSSR count). The second kappa shape index (κ2) is 8.26. The van der Waals surface area contributed by atoms with Gasteiger partial charge < -0.3 is 9.64 Å². The third kappa shape index (κ3) is 3.92. The topological polar surface area (TPSA) is 51.5 Å². The predicted molar refractivity (Wildman–Crippen MR) is 126 cm³/mol. The van der Waals surface area contributed by atoms with Crippen molar-refractivity contribution in [3.63, 3.8) is 0 Å². The zero-order chi connectivity index (χ0) is 21.6. The Kier molecular flexibility index (Phi) is 5.61. The van der Waals surface area contributed by atoms with Gasteiger partial charge in [0.15, 0.2) is 0 Å². The lowest BCUT2D eigenvalue weighted by Crippen LogP contribution is -2.14. The van der Waals surface area contributed by atoms with Crippen molar-refractivity contribution < 1.29 is 13.2 Å². The molecule has 0 N–H and O–H groups in total. The summed E-state index contributed by atoms with van der Waals surface area (Å²) in [4.78, 5) is 2.57. The summed E-state index contributed by atoms with van der Waals surface area (Å²) in [5.41, 5.74) is 1.80. The number of halogens is 1. The molecule has 0 amide bonds. The van der Waals surface area contributed by atoms with E-state index in [-0.39, 0.29) is 11.0 Å². The van der Waals surface area contributed by atoms with E-state index in [0.29, 0.717) is 15.9 Å². The molecular formula is C24H27BrN2O3S. The highest BCUT2D eigenvalue weighted by molar-refractivity contribution is 9.10. The largest absolute Gasteiger partial charge is 0.490 e. The molecule has 1 saturated carbocycles. The maximum atomic E-state index is 13.6. The average molecular weight is 503 g/mol. The highest BCUT2D eigenvalue weighted by atomic mass is 79.9. The number of hydrogen-bond acceptors (Lipinski definition) is 4. The Labute approximate surface area is 192 Å². The third-order valence-electron chi connectivity index (χ3n) is 6.58. The van der Waals surface area contributed by atoms with Gasteiger partial charge in [0.2, 0.25) is 0 Å². The van der Waals surface area contributed by atoms with Crippen molar-refractivity contribution in [2.45, 2.75) is 49.0 Å². The van der Waals surface area contributed by atoms with Crippen LogP contribution in [0.15, 0.2) is 58.0 Å². The van der Waals surface area contributed by atoms with Crippen molar-refractivity contribution in [1.29, 1.82) is 0 Å². The Morgan fingerprint density at radius 2 is 1.84 bits per heavy atom. The van der Waals surface area contributed by atoms with Crippen LogP contribution >= 0.6 is 15.9 Å². The van der Waals surface area contributed by atoms with Crippen LogP contribution in [0.1, 0.15) is 43.6 Å². The average Bonchev–Trinajstić information content (AvgIpc) is 3.48. The molecule has 2 fully saturated rings. The molecule has 0 bridgehead atoms. The van der Waals surface area contributed by atoms with E-state index in [2.05, 4.69) is 27.9 Å². The first kappa shape index (κ1) is 21.0. The lowest BCUT2D eigenvalue weighted by molar-refractivity contribution is 0.210. The van der Waals surface area contributed by atoms with Crippen molar-refractivity contribution in [2.24, 2.45) is 0 Å². The fourth-order valence-corrected chi connectivity index (χ4v) is 7.29. The summed E-state index contributed by atoms with van der Waals surface area (Å²) in [6.07, 6.45) is 7.75. The predicted octanol–water partition coefficient (Wildman–Crippen LogP) is 5.38. The number of likely N-dealkylation sites (N-methyl/N-ethyl adjacent to an activating group) is 1. The number of benzene rings is 2. The number of ether oxygens (including phenoxy) is 1. The Bertz CT molecular complexity index is 1210. The van der Waals surface area contributed by atoms with E-state index in [1.807, 2.05) is 30.5 Å². The molecule has 5 nitrogen and oxygen atoms in total. The molecule has 1 aliphatic heterocycles. The molecule has 164 valence electrons. The molecule has 1 aromatic heterocycles. The lowest BCUT2D eigenvalue weighted by Gasteiger charge is -2.14. The zero-order valence-corrected chi connectivity index (χ0v) is 20.0. The molecule has 0 spiro atoms. The van der Waals surface area contributed by atoms with Gasteiger partial charge in [-0.3, -0.25) is 0 Å². The molecule has 2 aromatic carbocycles. The van der Waals surface area contributed by atoms with E-state index >= 15 is 0 Å². The number of rotatable bonds is 5. The minimum Gasteiger partial charge on any atom is -0.490 e. The summed E-state index contributed by atoms with van der Waals surface area (Å²) in [6.45, 7) is 1.95. The van der Waals surface area contributed by atoms with Crippen LogP contribution in [0.25, 0.3) is 10.9 Å². The van der Waals surface area contributed by atoms with Crippen LogP contribution in [0.4, 0.5) is 0 Å². The Balaban J connectivity index is 1.64. The van der Waals surface area contributed by atoms with E-state index in [1.54, 1.807) is 18.2 Å². The highest BCUT2D eigenvalue weighted by Crippen LogP contribution is 2.38. The quantitative estimate of drug-likeness (QED) is 0.469. The summed E-state index contributed by atoms with van der Waals surface area (Å²) in [6, 6.07) is 12.8. The van der Waals surface area contributed by atoms with E-state index < -0.39 is 10.0 Å². The second-order valence-electron chi connectivity index (χ2n) is 8.77. The Hall–Kier alpha value is -1.83. The van der Waals surface area contributed by atoms with Crippen LogP contribution in [-0.4, -0.2) is 43.5 Å². The van der Waals surface area contributed by atoms with Crippen molar-refractivity contribution in [2.75, 3.05) is 20.1 Å². The van der Waals surface area contributed by atoms with E-state index in [0.717, 1.165) is 49.1 Å². The molecule has 1 aliphatic carbocycles. The van der Waals surface area contributed by atoms with Crippen molar-refractivity contribution in [3.05, 3.63) is 58.7 Å². The van der Waals surface area contributed by atoms with Crippen LogP contribution in [0.3, 0.4) is 0 Å². The monoisotopic (exact) mass is 502 g/mol. The van der Waals surface area contributed by atoms with Gasteiger partial charge in [0.25, 0.3) is 10.0 Å². The van der Waals surface area contributed by atoms with Gasteiger partial charge in [0, 0.05) is 22.6 Å². The van der Waals surface area contributed by atoms with E-state index in [1.165, 1.54) is 16.8 Å². The van der Waals surface area contributed by atoms with Gasteiger partial charge in [-0.1, -0.05) is 12.1 Å². The van der Waals surface area contributed by atoms with Gasteiger partial charge in [-0.05, 0) is 103 Å². The summed E-state index contributed by atoms with van der Waals surface area (Å²) in [5.74, 6) is 1.15. The molecular weight excluding hydrogens is 476 g/mol. The van der Waals surface area contributed by atoms with Crippen LogP contribution < -0.4 is 4.74 Å². The van der Waals surface area contributed by atoms with Crippen LogP contribution in [-0.2, 0) is 10.0 Å². The summed E-state index contributed by atoms with van der Waals surface area (Å²) in [5, 5.41) is 0.978. The number of aromatic nitrogens is 1. The summed E-state index contributed by atoms with van der Waals surface area (Å²) < 4.78 is 35.5. The van der Waals surface area contributed by atoms with Crippen LogP contribution in [0.5, 0.6) is 5.75 Å². The summed E-state index contributed by atoms with van der Waals surface area (Å²) >= 11 is 3.42. The van der Waals surface area contributed by atoms with E-state index in [4.69, 9.17) is 4.74 Å². The first-order chi connectivity index (χ1) is 14.9. The maximum Gasteiger partial charge on any atom is 0.269 e. The molecule has 3 aromatic rings. The first-order valence-corrected chi connectivity index (χ1v) is 13.2. The van der Waals surface area contributed by atoms with Crippen molar-refractivity contribution in [3.8, 4) is 5.75 Å². The van der Waals surface area contributed by atoms with Crippen molar-refractivity contribution in [1.82, 2.24) is 8.87 Å². The fourth-order valence-electron chi connectivity index (χ4n) is 4.95. The Morgan fingerprint density at radius 3 is 2.55 bits per heavy atom. The lowest BCUT2D eigenvalue weighted by atomic mass is 9.98. The van der Waals surface area contributed by atoms with E-state index in [9.17, 15) is 8.42 Å². The number of fused-ring (bicyclic) bond motifs is 1. The van der Waals surface area contributed by atoms with Gasteiger partial charge in [-0.25, -0.2) is 12.4 Å². The molecule has 7 heteroatoms. The summed E-state index contributed by atoms with van der Waals surface area (Å²) in [7, 11) is -1.62. The smallest absolute Gasteiger partial charge is 0.269 e. The van der Waals surface area contributed by atoms with Gasteiger partial charge in [0.1, 0.15) is 10.6 Å². The highest BCUT2D eigenvalue weighted by Gasteiger charge is 2.29. The number of nitrogens with zero attached hydrogens (tertiary/aromatic N) is 2. The molecule has 31 heavy (non-hydrogen) atoms. The molecule has 0 unspecified atom stereocenters. The van der Waals surface area contributed by atoms with Crippen LogP contribution in [0.2, 0.25) is 0 Å². The fraction of sp³-hybridized carbons (Fsp3) is 0.417. The van der Waals surface area contributed by atoms with Crippen molar-refractivity contribution >= 4 is 36.9 Å². The Morgan fingerprint density at radius 1 is 1.06 bits per heavy atom. The third-order valence-corrected chi connectivity index (χ3v) is 9.27. The zero-order valence-electron chi connectivity index (χ0n) is 17.6. The number of likely N-dealkylation sites (tertiary alicyclic amines) is 1. The molecule has 2 aliphatic rings. The standard InChI is InChI=1S/C24H27BrN2O3S/c1-26-13-12-17(15-26)21-16-27(31(28,29)24-9-5-4-8-22(24)25)23-11-10-19(14-20(21)23)30-18-6-2-3-7-18/h4-5,8-11,14,16-18H,2-3,6-7,12-13,15H2,1H3/t17-/m0/s1. The van der Waals surface area contributed by atoms with Gasteiger partial charge in [0.05, 0.1) is 11.6 Å². The van der Waals surface area contributed by atoms with Gasteiger partial charge in [-0.2, -0.15) is 0 Å². The molecule has 1 saturated heterocycles. The van der Waals surface area contributed by atoms with Gasteiger partial charge in [-0.15, -0.1) is 0 Å². The normalized spacial score (nSPS) is 20.6. The molecule has 2 heterocycles. The minimum atomic E-state index is -3.74. The maximum absolute atomic E-state index is 13.6.